The molecule has 1 N–H and O–H groups in total. The van der Waals surface area contributed by atoms with Gasteiger partial charge in [-0.1, -0.05) is 0 Å². The van der Waals surface area contributed by atoms with Gasteiger partial charge in [0, 0.05) is 38.3 Å². The predicted molar refractivity (Wildman–Crippen MR) is 62.6 cm³/mol. The van der Waals surface area contributed by atoms with Gasteiger partial charge in [-0.05, 0) is 24.3 Å². The Balaban J connectivity index is 1.94. The first kappa shape index (κ1) is 10.3. The van der Waals surface area contributed by atoms with Crippen molar-refractivity contribution in [2.24, 2.45) is 5.92 Å². The number of ether oxygens (including phenoxy) is 1. The van der Waals surface area contributed by atoms with Crippen LogP contribution < -0.4 is 15.0 Å². The van der Waals surface area contributed by atoms with Gasteiger partial charge in [-0.25, -0.2) is 0 Å². The number of nitrogens with zero attached hydrogens (tertiary/aromatic N) is 1. The molecule has 3 nitrogen and oxygen atoms in total. The molecule has 1 aliphatic rings. The highest BCUT2D eigenvalue weighted by Crippen LogP contribution is 2.19. The normalized spacial score (nSPS) is 15.9. The second-order valence-corrected chi connectivity index (χ2v) is 4.10. The van der Waals surface area contributed by atoms with Crippen molar-refractivity contribution in [3.63, 3.8) is 0 Å². The lowest BCUT2D eigenvalue weighted by Gasteiger charge is -2.32. The molecule has 1 heterocycles. The summed E-state index contributed by atoms with van der Waals surface area (Å²) in [5.74, 6) is 1.72. The average Bonchev–Trinajstić information content (AvgIpc) is 2.23. The summed E-state index contributed by atoms with van der Waals surface area (Å²) in [4.78, 5) is 2.30. The molecule has 0 atom stereocenters. The summed E-state index contributed by atoms with van der Waals surface area (Å²) in [6.45, 7) is 3.43. The molecule has 15 heavy (non-hydrogen) atoms. The molecule has 1 aromatic rings. The van der Waals surface area contributed by atoms with E-state index >= 15 is 0 Å². The minimum atomic E-state index is 0.803. The Hall–Kier alpha value is -1.22. The van der Waals surface area contributed by atoms with Gasteiger partial charge in [0.05, 0.1) is 7.11 Å². The van der Waals surface area contributed by atoms with Crippen molar-refractivity contribution in [3.8, 4) is 5.75 Å². The summed E-state index contributed by atoms with van der Waals surface area (Å²) in [6, 6.07) is 8.21. The maximum Gasteiger partial charge on any atom is 0.119 e. The van der Waals surface area contributed by atoms with Crippen LogP contribution in [0.4, 0.5) is 5.69 Å². The molecule has 0 radical (unpaired) electrons. The molecule has 0 spiro atoms. The topological polar surface area (TPSA) is 24.5 Å². The fourth-order valence-corrected chi connectivity index (χ4v) is 1.81. The summed E-state index contributed by atoms with van der Waals surface area (Å²) >= 11 is 0. The van der Waals surface area contributed by atoms with E-state index in [4.69, 9.17) is 4.74 Å². The quantitative estimate of drug-likeness (QED) is 0.805. The monoisotopic (exact) mass is 206 g/mol. The van der Waals surface area contributed by atoms with Gasteiger partial charge in [0.25, 0.3) is 0 Å². The Bertz CT molecular complexity index is 306. The van der Waals surface area contributed by atoms with Crippen LogP contribution in [0.15, 0.2) is 24.3 Å². The SMILES string of the molecule is COc1ccc(N(C)CC2CNC2)cc1. The van der Waals surface area contributed by atoms with Crippen molar-refractivity contribution in [2.45, 2.75) is 0 Å². The summed E-state index contributed by atoms with van der Waals surface area (Å²) in [5, 5.41) is 3.29. The lowest BCUT2D eigenvalue weighted by atomic mass is 10.0. The number of methoxy groups -OCH3 is 1. The van der Waals surface area contributed by atoms with Gasteiger partial charge in [0.1, 0.15) is 5.75 Å². The van der Waals surface area contributed by atoms with Crippen molar-refractivity contribution < 1.29 is 4.74 Å². The fourth-order valence-electron chi connectivity index (χ4n) is 1.81. The van der Waals surface area contributed by atoms with Gasteiger partial charge in [-0.3, -0.25) is 0 Å². The maximum absolute atomic E-state index is 5.13. The average molecular weight is 206 g/mol. The van der Waals surface area contributed by atoms with Crippen molar-refractivity contribution >= 4 is 5.69 Å². The number of hydrogen-bond donors (Lipinski definition) is 1. The van der Waals surface area contributed by atoms with E-state index in [1.165, 1.54) is 5.69 Å². The molecule has 3 heteroatoms. The van der Waals surface area contributed by atoms with E-state index in [0.717, 1.165) is 31.3 Å². The number of benzene rings is 1. The van der Waals surface area contributed by atoms with E-state index in [-0.39, 0.29) is 0 Å². The molecule has 0 aliphatic carbocycles. The molecular weight excluding hydrogens is 188 g/mol. The lowest BCUT2D eigenvalue weighted by Crippen LogP contribution is -2.47. The van der Waals surface area contributed by atoms with E-state index in [2.05, 4.69) is 29.4 Å². The maximum atomic E-state index is 5.13. The number of nitrogens with one attached hydrogen (secondary N) is 1. The number of anilines is 1. The second kappa shape index (κ2) is 4.53. The third-order valence-corrected chi connectivity index (χ3v) is 2.91. The molecule has 0 bridgehead atoms. The first-order valence-electron chi connectivity index (χ1n) is 5.35. The van der Waals surface area contributed by atoms with Crippen LogP contribution in [0.2, 0.25) is 0 Å². The van der Waals surface area contributed by atoms with Gasteiger partial charge >= 0.3 is 0 Å². The highest BCUT2D eigenvalue weighted by Gasteiger charge is 2.18. The van der Waals surface area contributed by atoms with Gasteiger partial charge in [0.15, 0.2) is 0 Å². The predicted octanol–water partition coefficient (Wildman–Crippen LogP) is 1.35. The number of rotatable bonds is 4. The van der Waals surface area contributed by atoms with E-state index in [9.17, 15) is 0 Å². The Labute approximate surface area is 91.0 Å². The summed E-state index contributed by atoms with van der Waals surface area (Å²) in [6.07, 6.45) is 0. The van der Waals surface area contributed by atoms with Gasteiger partial charge in [-0.2, -0.15) is 0 Å². The van der Waals surface area contributed by atoms with Crippen molar-refractivity contribution in [1.82, 2.24) is 5.32 Å². The van der Waals surface area contributed by atoms with Gasteiger partial charge in [0.2, 0.25) is 0 Å². The van der Waals surface area contributed by atoms with Crippen LogP contribution in [0.5, 0.6) is 5.75 Å². The number of hydrogen-bond acceptors (Lipinski definition) is 3. The van der Waals surface area contributed by atoms with Crippen LogP contribution in [0.1, 0.15) is 0 Å². The molecule has 1 aliphatic heterocycles. The Morgan fingerprint density at radius 3 is 2.47 bits per heavy atom. The molecule has 1 aromatic carbocycles. The second-order valence-electron chi connectivity index (χ2n) is 4.10. The fraction of sp³-hybridized carbons (Fsp3) is 0.500. The standard InChI is InChI=1S/C12H18N2O/c1-14(9-10-7-13-8-10)11-3-5-12(15-2)6-4-11/h3-6,10,13H,7-9H2,1-2H3. The first-order chi connectivity index (χ1) is 7.29. The molecular formula is C12H18N2O. The molecule has 0 aromatic heterocycles. The molecule has 82 valence electrons. The molecule has 1 fully saturated rings. The van der Waals surface area contributed by atoms with Crippen molar-refractivity contribution in [2.75, 3.05) is 38.7 Å². The lowest BCUT2D eigenvalue weighted by molar-refractivity contribution is 0.353. The molecule has 0 saturated carbocycles. The molecule has 2 rings (SSSR count). The highest BCUT2D eigenvalue weighted by atomic mass is 16.5. The third-order valence-electron chi connectivity index (χ3n) is 2.91. The van der Waals surface area contributed by atoms with Crippen LogP contribution in [-0.2, 0) is 0 Å². The third kappa shape index (κ3) is 2.42. The largest absolute Gasteiger partial charge is 0.497 e. The zero-order valence-corrected chi connectivity index (χ0v) is 9.36. The summed E-state index contributed by atoms with van der Waals surface area (Å²) in [7, 11) is 3.83. The van der Waals surface area contributed by atoms with Gasteiger partial charge < -0.3 is 15.0 Å². The van der Waals surface area contributed by atoms with Crippen LogP contribution in [-0.4, -0.2) is 33.8 Å². The zero-order chi connectivity index (χ0) is 10.7. The van der Waals surface area contributed by atoms with E-state index in [0.29, 0.717) is 0 Å². The summed E-state index contributed by atoms with van der Waals surface area (Å²) < 4.78 is 5.13. The van der Waals surface area contributed by atoms with Crippen molar-refractivity contribution in [3.05, 3.63) is 24.3 Å². The van der Waals surface area contributed by atoms with Crippen LogP contribution in [0.25, 0.3) is 0 Å². The van der Waals surface area contributed by atoms with Crippen LogP contribution in [0.3, 0.4) is 0 Å². The minimum absolute atomic E-state index is 0.803. The van der Waals surface area contributed by atoms with Crippen LogP contribution in [0, 0.1) is 5.92 Å². The molecule has 1 saturated heterocycles. The van der Waals surface area contributed by atoms with E-state index in [1.54, 1.807) is 7.11 Å². The van der Waals surface area contributed by atoms with Crippen LogP contribution >= 0.6 is 0 Å². The van der Waals surface area contributed by atoms with Gasteiger partial charge in [-0.15, -0.1) is 0 Å². The van der Waals surface area contributed by atoms with E-state index < -0.39 is 0 Å². The molecule has 0 amide bonds. The summed E-state index contributed by atoms with van der Waals surface area (Å²) in [5.41, 5.74) is 1.25. The first-order valence-corrected chi connectivity index (χ1v) is 5.35. The van der Waals surface area contributed by atoms with E-state index in [1.807, 2.05) is 12.1 Å². The Kier molecular flexibility index (Phi) is 3.11. The molecule has 0 unspecified atom stereocenters. The zero-order valence-electron chi connectivity index (χ0n) is 9.36. The highest BCUT2D eigenvalue weighted by molar-refractivity contribution is 5.48. The Morgan fingerprint density at radius 2 is 2.00 bits per heavy atom. The smallest absolute Gasteiger partial charge is 0.119 e. The van der Waals surface area contributed by atoms with Crippen molar-refractivity contribution in [1.29, 1.82) is 0 Å². The minimum Gasteiger partial charge on any atom is -0.497 e. The Morgan fingerprint density at radius 1 is 1.33 bits per heavy atom.